The Morgan fingerprint density at radius 1 is 1.06 bits per heavy atom. The number of benzene rings is 2. The summed E-state index contributed by atoms with van der Waals surface area (Å²) >= 11 is 0. The number of alkyl halides is 3. The molecule has 0 unspecified atom stereocenters. The quantitative estimate of drug-likeness (QED) is 0.494. The Bertz CT molecular complexity index is 1180. The first-order valence-electron chi connectivity index (χ1n) is 10.6. The third kappa shape index (κ3) is 5.11. The van der Waals surface area contributed by atoms with E-state index in [1.165, 1.54) is 36.7 Å². The van der Waals surface area contributed by atoms with E-state index in [1.807, 2.05) is 11.8 Å². The monoisotopic (exact) mass is 474 g/mol. The van der Waals surface area contributed by atoms with Gasteiger partial charge in [-0.05, 0) is 61.9 Å². The highest BCUT2D eigenvalue weighted by Crippen LogP contribution is 2.30. The van der Waals surface area contributed by atoms with Crippen molar-refractivity contribution < 1.29 is 27.1 Å². The van der Waals surface area contributed by atoms with Crippen molar-refractivity contribution in [2.45, 2.75) is 26.1 Å². The Balaban J connectivity index is 1.43. The summed E-state index contributed by atoms with van der Waals surface area (Å²) in [6.45, 7) is 4.92. The van der Waals surface area contributed by atoms with Crippen LogP contribution in [0.5, 0.6) is 11.6 Å². The van der Waals surface area contributed by atoms with E-state index in [4.69, 9.17) is 4.74 Å². The van der Waals surface area contributed by atoms with Crippen molar-refractivity contribution in [3.63, 3.8) is 0 Å². The number of amides is 1. The fourth-order valence-electron chi connectivity index (χ4n) is 3.83. The van der Waals surface area contributed by atoms with Gasteiger partial charge < -0.3 is 14.5 Å². The zero-order chi connectivity index (χ0) is 24.5. The molecule has 0 saturated carbocycles. The predicted molar refractivity (Wildman–Crippen MR) is 117 cm³/mol. The summed E-state index contributed by atoms with van der Waals surface area (Å²) in [4.78, 5) is 24.9. The van der Waals surface area contributed by atoms with Crippen molar-refractivity contribution in [3.8, 4) is 11.6 Å². The Morgan fingerprint density at radius 2 is 1.79 bits per heavy atom. The number of aryl methyl sites for hydroxylation is 1. The average molecular weight is 474 g/mol. The molecule has 10 heteroatoms. The number of nitrogens with zero attached hydrogens (tertiary/aromatic N) is 4. The molecule has 1 aliphatic heterocycles. The van der Waals surface area contributed by atoms with E-state index in [2.05, 4.69) is 9.97 Å². The molecule has 1 saturated heterocycles. The molecule has 1 amide bonds. The highest BCUT2D eigenvalue weighted by atomic mass is 19.4. The molecule has 0 aliphatic carbocycles. The van der Waals surface area contributed by atoms with Crippen LogP contribution in [0.25, 0.3) is 0 Å². The highest BCUT2D eigenvalue weighted by molar-refractivity contribution is 5.94. The van der Waals surface area contributed by atoms with Crippen LogP contribution < -0.4 is 9.64 Å². The fourth-order valence-corrected chi connectivity index (χ4v) is 3.83. The minimum Gasteiger partial charge on any atom is -0.439 e. The number of piperazine rings is 1. The Morgan fingerprint density at radius 3 is 2.44 bits per heavy atom. The molecule has 2 heterocycles. The predicted octanol–water partition coefficient (Wildman–Crippen LogP) is 5.09. The van der Waals surface area contributed by atoms with Crippen LogP contribution in [0.3, 0.4) is 0 Å². The van der Waals surface area contributed by atoms with E-state index in [9.17, 15) is 22.4 Å². The van der Waals surface area contributed by atoms with Gasteiger partial charge in [0.2, 0.25) is 5.88 Å². The molecule has 1 atom stereocenters. The first kappa shape index (κ1) is 23.5. The molecule has 1 aromatic heterocycles. The van der Waals surface area contributed by atoms with Crippen LogP contribution in [-0.2, 0) is 6.18 Å². The molecule has 2 aromatic carbocycles. The molecule has 178 valence electrons. The smallest absolute Gasteiger partial charge is 0.416 e. The largest absolute Gasteiger partial charge is 0.439 e. The highest BCUT2D eigenvalue weighted by Gasteiger charge is 2.32. The lowest BCUT2D eigenvalue weighted by atomic mass is 10.1. The average Bonchev–Trinajstić information content (AvgIpc) is 2.80. The Kier molecular flexibility index (Phi) is 6.41. The van der Waals surface area contributed by atoms with Gasteiger partial charge in [-0.3, -0.25) is 4.79 Å². The van der Waals surface area contributed by atoms with Crippen LogP contribution in [0.2, 0.25) is 0 Å². The number of ether oxygens (including phenoxy) is 1. The van der Waals surface area contributed by atoms with E-state index in [0.29, 0.717) is 42.6 Å². The van der Waals surface area contributed by atoms with Gasteiger partial charge in [-0.1, -0.05) is 0 Å². The van der Waals surface area contributed by atoms with Crippen molar-refractivity contribution in [3.05, 3.63) is 77.4 Å². The summed E-state index contributed by atoms with van der Waals surface area (Å²) in [6, 6.07) is 9.90. The lowest BCUT2D eigenvalue weighted by Gasteiger charge is -2.40. The minimum atomic E-state index is -4.45. The van der Waals surface area contributed by atoms with Crippen LogP contribution in [0.4, 0.5) is 23.4 Å². The van der Waals surface area contributed by atoms with Crippen LogP contribution >= 0.6 is 0 Å². The summed E-state index contributed by atoms with van der Waals surface area (Å²) in [5.74, 6) is 0.713. The zero-order valence-electron chi connectivity index (χ0n) is 18.5. The number of aromatic nitrogens is 2. The Labute approximate surface area is 193 Å². The first-order chi connectivity index (χ1) is 16.1. The number of rotatable bonds is 4. The molecule has 1 aliphatic rings. The van der Waals surface area contributed by atoms with Gasteiger partial charge in [0, 0.05) is 37.3 Å². The third-order valence-corrected chi connectivity index (χ3v) is 5.65. The van der Waals surface area contributed by atoms with Gasteiger partial charge in [0.05, 0.1) is 5.56 Å². The van der Waals surface area contributed by atoms with E-state index in [1.54, 1.807) is 17.9 Å². The van der Waals surface area contributed by atoms with Crippen molar-refractivity contribution >= 4 is 11.7 Å². The van der Waals surface area contributed by atoms with Crippen LogP contribution in [-0.4, -0.2) is 46.5 Å². The molecular weight excluding hydrogens is 452 g/mol. The maximum absolute atomic E-state index is 13.3. The van der Waals surface area contributed by atoms with Gasteiger partial charge in [0.15, 0.2) is 0 Å². The van der Waals surface area contributed by atoms with Crippen molar-refractivity contribution in [1.82, 2.24) is 14.9 Å². The molecule has 0 N–H and O–H groups in total. The molecular formula is C24H22F4N4O2. The SMILES string of the molecule is Cc1cc(F)ccc1Oc1cc(N2CCN(C(=O)c3ccc(C(F)(F)F)cc3)[C@H](C)C2)ncn1. The second-order valence-corrected chi connectivity index (χ2v) is 8.10. The normalized spacial score (nSPS) is 16.5. The lowest BCUT2D eigenvalue weighted by molar-refractivity contribution is -0.137. The van der Waals surface area contributed by atoms with Crippen molar-refractivity contribution in [2.24, 2.45) is 0 Å². The van der Waals surface area contributed by atoms with Gasteiger partial charge in [-0.2, -0.15) is 13.2 Å². The van der Waals surface area contributed by atoms with Gasteiger partial charge >= 0.3 is 6.18 Å². The Hall–Kier alpha value is -3.69. The van der Waals surface area contributed by atoms with Gasteiger partial charge in [0.25, 0.3) is 5.91 Å². The fraction of sp³-hybridized carbons (Fsp3) is 0.292. The second kappa shape index (κ2) is 9.28. The van der Waals surface area contributed by atoms with Crippen LogP contribution in [0, 0.1) is 12.7 Å². The van der Waals surface area contributed by atoms with E-state index < -0.39 is 11.7 Å². The third-order valence-electron chi connectivity index (χ3n) is 5.65. The summed E-state index contributed by atoms with van der Waals surface area (Å²) < 4.78 is 57.5. The van der Waals surface area contributed by atoms with Gasteiger partial charge in [-0.15, -0.1) is 0 Å². The van der Waals surface area contributed by atoms with E-state index >= 15 is 0 Å². The van der Waals surface area contributed by atoms with Crippen LogP contribution in [0.15, 0.2) is 54.9 Å². The molecule has 6 nitrogen and oxygen atoms in total. The molecule has 0 spiro atoms. The molecule has 0 radical (unpaired) electrons. The molecule has 3 aromatic rings. The number of carbonyl (C=O) groups is 1. The molecule has 34 heavy (non-hydrogen) atoms. The van der Waals surface area contributed by atoms with Gasteiger partial charge in [0.1, 0.15) is 23.7 Å². The summed E-state index contributed by atoms with van der Waals surface area (Å²) in [7, 11) is 0. The first-order valence-corrected chi connectivity index (χ1v) is 10.6. The molecule has 1 fully saturated rings. The topological polar surface area (TPSA) is 58.6 Å². The summed E-state index contributed by atoms with van der Waals surface area (Å²) in [5, 5.41) is 0. The van der Waals surface area contributed by atoms with Crippen LogP contribution in [0.1, 0.15) is 28.4 Å². The minimum absolute atomic E-state index is 0.206. The zero-order valence-corrected chi connectivity index (χ0v) is 18.5. The lowest BCUT2D eigenvalue weighted by Crippen LogP contribution is -2.54. The van der Waals surface area contributed by atoms with E-state index in [-0.39, 0.29) is 23.3 Å². The maximum atomic E-state index is 13.3. The van der Waals surface area contributed by atoms with Crippen molar-refractivity contribution in [2.75, 3.05) is 24.5 Å². The number of halogens is 4. The maximum Gasteiger partial charge on any atom is 0.416 e. The standard InChI is InChI=1S/C24H22F4N4O2/c1-15-11-19(25)7-8-20(15)34-22-12-21(29-14-30-22)31-9-10-32(16(2)13-31)23(33)17-3-5-18(6-4-17)24(26,27)28/h3-8,11-12,14,16H,9-10,13H2,1-2H3/t16-/m1/s1. The number of anilines is 1. The second-order valence-electron chi connectivity index (χ2n) is 8.10. The van der Waals surface area contributed by atoms with Gasteiger partial charge in [-0.25, -0.2) is 14.4 Å². The van der Waals surface area contributed by atoms with E-state index in [0.717, 1.165) is 12.1 Å². The number of hydrogen-bond acceptors (Lipinski definition) is 5. The summed E-state index contributed by atoms with van der Waals surface area (Å²) in [6.07, 6.45) is -3.08. The summed E-state index contributed by atoms with van der Waals surface area (Å²) in [5.41, 5.74) is 0.0457. The molecule has 0 bridgehead atoms. The number of carbonyl (C=O) groups excluding carboxylic acids is 1. The number of hydrogen-bond donors (Lipinski definition) is 0. The molecule has 4 rings (SSSR count). The van der Waals surface area contributed by atoms with Crippen molar-refractivity contribution in [1.29, 1.82) is 0 Å².